The molecule has 92 valence electrons. The molecule has 7 heteroatoms. The van der Waals surface area contributed by atoms with Crippen LogP contribution in [0, 0.1) is 17.0 Å². The zero-order valence-corrected chi connectivity index (χ0v) is 9.07. The normalized spacial score (nSPS) is 10.4. The first-order valence-corrected chi connectivity index (χ1v) is 4.58. The summed E-state index contributed by atoms with van der Waals surface area (Å²) < 4.78 is 28.4. The summed E-state index contributed by atoms with van der Waals surface area (Å²) in [5.41, 5.74) is -0.501. The van der Waals surface area contributed by atoms with E-state index in [1.54, 1.807) is 0 Å². The average Bonchev–Trinajstić information content (AvgIpc) is 2.15. The summed E-state index contributed by atoms with van der Waals surface area (Å²) in [4.78, 5) is 21.1. The molecule has 0 aliphatic carbocycles. The second kappa shape index (κ2) is 4.86. The van der Waals surface area contributed by atoms with Crippen LogP contribution in [0.4, 0.5) is 14.5 Å². The minimum Gasteiger partial charge on any atom is -0.427 e. The summed E-state index contributed by atoms with van der Waals surface area (Å²) in [5, 5.41) is 10.7. The lowest BCUT2D eigenvalue weighted by Gasteiger charge is -2.11. The highest BCUT2D eigenvalue weighted by molar-refractivity contribution is 5.99. The molecule has 0 amide bonds. The lowest BCUT2D eigenvalue weighted by atomic mass is 10.0. The van der Waals surface area contributed by atoms with Gasteiger partial charge in [0.05, 0.1) is 10.5 Å². The number of aryl methyl sites for hydroxylation is 1. The van der Waals surface area contributed by atoms with Crippen LogP contribution in [0.5, 0.6) is 5.75 Å². The summed E-state index contributed by atoms with van der Waals surface area (Å²) in [6.07, 6.45) is 0. The quantitative estimate of drug-likeness (QED) is 0.464. The maximum absolute atomic E-state index is 12.2. The van der Waals surface area contributed by atoms with Gasteiger partial charge in [-0.25, -0.2) is 0 Å². The molecule has 1 aromatic rings. The minimum atomic E-state index is -3.23. The van der Waals surface area contributed by atoms with Crippen molar-refractivity contribution >= 4 is 11.5 Å². The number of carbonyl (C=O) groups is 1. The number of nitro groups is 1. The molecule has 0 spiro atoms. The molecule has 0 saturated heterocycles. The molecule has 0 aromatic heterocycles. The first-order chi connectivity index (χ1) is 7.84. The van der Waals surface area contributed by atoms with E-state index in [0.29, 0.717) is 5.56 Å². The van der Waals surface area contributed by atoms with Crippen molar-refractivity contribution in [2.75, 3.05) is 0 Å². The van der Waals surface area contributed by atoms with Crippen LogP contribution in [-0.2, 0) is 0 Å². The SMILES string of the molecule is CC(=O)c1c(C)ccc([N+](=O)[O-])c1OC(F)F. The molecule has 0 bridgehead atoms. The van der Waals surface area contributed by atoms with Crippen molar-refractivity contribution < 1.29 is 23.2 Å². The number of nitrogens with zero attached hydrogens (tertiary/aromatic N) is 1. The van der Waals surface area contributed by atoms with Crippen molar-refractivity contribution in [3.63, 3.8) is 0 Å². The Balaban J connectivity index is 3.49. The van der Waals surface area contributed by atoms with Gasteiger partial charge in [-0.1, -0.05) is 6.07 Å². The topological polar surface area (TPSA) is 69.4 Å². The Morgan fingerprint density at radius 1 is 1.47 bits per heavy atom. The fourth-order valence-electron chi connectivity index (χ4n) is 1.46. The number of Topliss-reactive ketones (excluding diaryl/α,β-unsaturated/α-hetero) is 1. The number of alkyl halides is 2. The van der Waals surface area contributed by atoms with Crippen LogP contribution in [0.3, 0.4) is 0 Å². The predicted octanol–water partition coefficient (Wildman–Crippen LogP) is 2.71. The fourth-order valence-corrected chi connectivity index (χ4v) is 1.46. The van der Waals surface area contributed by atoms with Gasteiger partial charge in [-0.05, 0) is 19.4 Å². The Labute approximate surface area is 95.2 Å². The molecule has 0 aliphatic rings. The fraction of sp³-hybridized carbons (Fsp3) is 0.300. The smallest absolute Gasteiger partial charge is 0.387 e. The van der Waals surface area contributed by atoms with Crippen LogP contribution in [0.25, 0.3) is 0 Å². The van der Waals surface area contributed by atoms with Crippen molar-refractivity contribution in [2.24, 2.45) is 0 Å². The summed E-state index contributed by atoms with van der Waals surface area (Å²) in [6.45, 7) is -0.614. The monoisotopic (exact) mass is 245 g/mol. The van der Waals surface area contributed by atoms with Gasteiger partial charge in [0.15, 0.2) is 5.78 Å². The lowest BCUT2D eigenvalue weighted by Crippen LogP contribution is -2.10. The molecule has 0 N–H and O–H groups in total. The number of ether oxygens (including phenoxy) is 1. The first-order valence-electron chi connectivity index (χ1n) is 4.58. The van der Waals surface area contributed by atoms with E-state index in [9.17, 15) is 23.7 Å². The second-order valence-corrected chi connectivity index (χ2v) is 3.30. The third kappa shape index (κ3) is 2.74. The highest BCUT2D eigenvalue weighted by Crippen LogP contribution is 2.34. The van der Waals surface area contributed by atoms with Crippen molar-refractivity contribution in [1.82, 2.24) is 0 Å². The van der Waals surface area contributed by atoms with Crippen LogP contribution < -0.4 is 4.74 Å². The maximum atomic E-state index is 12.2. The number of nitro benzene ring substituents is 1. The van der Waals surface area contributed by atoms with Crippen LogP contribution in [0.1, 0.15) is 22.8 Å². The van der Waals surface area contributed by atoms with Gasteiger partial charge in [0.2, 0.25) is 5.75 Å². The Kier molecular flexibility index (Phi) is 3.72. The molecule has 1 aromatic carbocycles. The lowest BCUT2D eigenvalue weighted by molar-refractivity contribution is -0.386. The molecular formula is C10H9F2NO4. The Morgan fingerprint density at radius 3 is 2.47 bits per heavy atom. The molecule has 0 unspecified atom stereocenters. The molecule has 1 rings (SSSR count). The highest BCUT2D eigenvalue weighted by atomic mass is 19.3. The van der Waals surface area contributed by atoms with Gasteiger partial charge in [-0.15, -0.1) is 0 Å². The van der Waals surface area contributed by atoms with Gasteiger partial charge in [-0.3, -0.25) is 14.9 Å². The van der Waals surface area contributed by atoms with Crippen LogP contribution >= 0.6 is 0 Å². The number of benzene rings is 1. The molecule has 0 heterocycles. The Hall–Kier alpha value is -2.05. The van der Waals surface area contributed by atoms with E-state index in [1.165, 1.54) is 13.0 Å². The largest absolute Gasteiger partial charge is 0.427 e. The van der Waals surface area contributed by atoms with Gasteiger partial charge in [0, 0.05) is 6.07 Å². The summed E-state index contributed by atoms with van der Waals surface area (Å²) in [7, 11) is 0. The van der Waals surface area contributed by atoms with Gasteiger partial charge in [0.1, 0.15) is 0 Å². The molecular weight excluding hydrogens is 236 g/mol. The molecule has 5 nitrogen and oxygen atoms in total. The summed E-state index contributed by atoms with van der Waals surface area (Å²) in [5.74, 6) is -1.25. The van der Waals surface area contributed by atoms with Gasteiger partial charge in [-0.2, -0.15) is 8.78 Å². The zero-order valence-electron chi connectivity index (χ0n) is 9.07. The van der Waals surface area contributed by atoms with Gasteiger partial charge < -0.3 is 4.74 Å². The number of halogens is 2. The zero-order chi connectivity index (χ0) is 13.2. The molecule has 0 aliphatic heterocycles. The molecule has 0 atom stereocenters. The summed E-state index contributed by atoms with van der Waals surface area (Å²) >= 11 is 0. The third-order valence-corrected chi connectivity index (χ3v) is 2.10. The van der Waals surface area contributed by atoms with Crippen molar-refractivity contribution in [2.45, 2.75) is 20.5 Å². The van der Waals surface area contributed by atoms with Crippen molar-refractivity contribution in [1.29, 1.82) is 0 Å². The van der Waals surface area contributed by atoms with E-state index in [-0.39, 0.29) is 5.56 Å². The Morgan fingerprint density at radius 2 is 2.06 bits per heavy atom. The predicted molar refractivity (Wildman–Crippen MR) is 54.5 cm³/mol. The van der Waals surface area contributed by atoms with Crippen molar-refractivity contribution in [3.05, 3.63) is 33.4 Å². The Bertz CT molecular complexity index is 474. The average molecular weight is 245 g/mol. The molecule has 0 saturated carbocycles. The minimum absolute atomic E-state index is 0.195. The molecule has 17 heavy (non-hydrogen) atoms. The third-order valence-electron chi connectivity index (χ3n) is 2.10. The molecule has 0 fully saturated rings. The van der Waals surface area contributed by atoms with Crippen LogP contribution in [0.2, 0.25) is 0 Å². The standard InChI is InChI=1S/C10H9F2NO4/c1-5-3-4-7(13(15)16)9(17-10(11)12)8(5)6(2)14/h3-4,10H,1-2H3. The van der Waals surface area contributed by atoms with Crippen LogP contribution in [-0.4, -0.2) is 17.3 Å². The maximum Gasteiger partial charge on any atom is 0.387 e. The number of hydrogen-bond acceptors (Lipinski definition) is 4. The highest BCUT2D eigenvalue weighted by Gasteiger charge is 2.25. The van der Waals surface area contributed by atoms with Gasteiger partial charge in [0.25, 0.3) is 0 Å². The first kappa shape index (κ1) is 13.0. The van der Waals surface area contributed by atoms with E-state index < -0.39 is 28.8 Å². The number of rotatable bonds is 4. The van der Waals surface area contributed by atoms with E-state index in [2.05, 4.69) is 4.74 Å². The second-order valence-electron chi connectivity index (χ2n) is 3.30. The van der Waals surface area contributed by atoms with E-state index in [1.807, 2.05) is 0 Å². The van der Waals surface area contributed by atoms with E-state index in [0.717, 1.165) is 13.0 Å². The van der Waals surface area contributed by atoms with E-state index >= 15 is 0 Å². The number of ketones is 1. The number of carbonyl (C=O) groups excluding carboxylic acids is 1. The van der Waals surface area contributed by atoms with Gasteiger partial charge >= 0.3 is 12.3 Å². The number of hydrogen-bond donors (Lipinski definition) is 0. The van der Waals surface area contributed by atoms with Crippen LogP contribution in [0.15, 0.2) is 12.1 Å². The molecule has 0 radical (unpaired) electrons. The summed E-state index contributed by atoms with van der Waals surface area (Å²) in [6, 6.07) is 2.34. The van der Waals surface area contributed by atoms with E-state index in [4.69, 9.17) is 0 Å². The van der Waals surface area contributed by atoms with Crippen molar-refractivity contribution in [3.8, 4) is 5.75 Å².